The van der Waals surface area contributed by atoms with E-state index in [0.717, 1.165) is 28.4 Å². The number of ether oxygens (including phenoxy) is 1. The maximum Gasteiger partial charge on any atom is 0.339 e. The van der Waals surface area contributed by atoms with Crippen LogP contribution in [-0.2, 0) is 10.0 Å². The Hall–Kier alpha value is -3.99. The van der Waals surface area contributed by atoms with Crippen LogP contribution in [0, 0.1) is 12.7 Å². The van der Waals surface area contributed by atoms with Gasteiger partial charge >= 0.3 is 5.97 Å². The first-order valence-electron chi connectivity index (χ1n) is 11.2. The number of aryl methyl sites for hydroxylation is 1. The molecule has 1 N–H and O–H groups in total. The van der Waals surface area contributed by atoms with Crippen LogP contribution in [-0.4, -0.2) is 47.1 Å². The van der Waals surface area contributed by atoms with E-state index in [9.17, 15) is 22.7 Å². The van der Waals surface area contributed by atoms with Crippen molar-refractivity contribution in [3.63, 3.8) is 0 Å². The standard InChI is InChI=1S/C25H23FN4O5S/c1-15-5-7-17(8-6-15)36(33,34)30-14-19(25(31)32)23-21(30)9-10-22(28-23)29-11-3-4-20(29)18-12-16(26)13-27-24(18)35-2/h5-10,12-14,20H,3-4,11H2,1-2H3,(H,31,32). The molecule has 5 rings (SSSR count). The molecule has 4 aromatic rings. The van der Waals surface area contributed by atoms with Crippen LogP contribution in [0.4, 0.5) is 10.2 Å². The Kier molecular flexibility index (Phi) is 5.87. The first kappa shape index (κ1) is 23.7. The fourth-order valence-electron chi connectivity index (χ4n) is 4.62. The number of halogens is 1. The SMILES string of the molecule is COc1ncc(F)cc1C1CCCN1c1ccc2c(n1)c(C(=O)O)cn2S(=O)(=O)c1ccc(C)cc1. The summed E-state index contributed by atoms with van der Waals surface area (Å²) in [5.41, 5.74) is 1.43. The van der Waals surface area contributed by atoms with Gasteiger partial charge in [0.1, 0.15) is 22.7 Å². The maximum absolute atomic E-state index is 14.0. The number of fused-ring (bicyclic) bond motifs is 1. The van der Waals surface area contributed by atoms with Crippen molar-refractivity contribution in [1.29, 1.82) is 0 Å². The predicted molar refractivity (Wildman–Crippen MR) is 131 cm³/mol. The van der Waals surface area contributed by atoms with Crippen LogP contribution in [0.5, 0.6) is 5.88 Å². The van der Waals surface area contributed by atoms with Gasteiger partial charge < -0.3 is 14.7 Å². The Morgan fingerprint density at radius 3 is 2.64 bits per heavy atom. The number of benzene rings is 1. The highest BCUT2D eigenvalue weighted by molar-refractivity contribution is 7.90. The second kappa shape index (κ2) is 8.90. The van der Waals surface area contributed by atoms with Crippen molar-refractivity contribution in [3.05, 3.63) is 77.4 Å². The van der Waals surface area contributed by atoms with Gasteiger partial charge in [0, 0.05) is 18.3 Å². The molecule has 0 saturated carbocycles. The molecule has 1 unspecified atom stereocenters. The number of carboxylic acids is 1. The minimum atomic E-state index is -4.06. The minimum Gasteiger partial charge on any atom is -0.481 e. The van der Waals surface area contributed by atoms with E-state index >= 15 is 0 Å². The largest absolute Gasteiger partial charge is 0.481 e. The normalized spacial score (nSPS) is 16.0. The second-order valence-electron chi connectivity index (χ2n) is 8.60. The highest BCUT2D eigenvalue weighted by Crippen LogP contribution is 2.39. The van der Waals surface area contributed by atoms with Crippen molar-refractivity contribution in [3.8, 4) is 5.88 Å². The number of carbonyl (C=O) groups is 1. The molecule has 3 aromatic heterocycles. The van der Waals surface area contributed by atoms with E-state index in [4.69, 9.17) is 4.74 Å². The van der Waals surface area contributed by atoms with Crippen molar-refractivity contribution in [1.82, 2.24) is 13.9 Å². The summed E-state index contributed by atoms with van der Waals surface area (Å²) < 4.78 is 47.0. The van der Waals surface area contributed by atoms with Crippen LogP contribution in [0.3, 0.4) is 0 Å². The molecule has 1 aliphatic heterocycles. The Bertz CT molecular complexity index is 1580. The molecular weight excluding hydrogens is 487 g/mol. The molecule has 1 fully saturated rings. The summed E-state index contributed by atoms with van der Waals surface area (Å²) in [6.07, 6.45) is 3.65. The Morgan fingerprint density at radius 1 is 1.19 bits per heavy atom. The summed E-state index contributed by atoms with van der Waals surface area (Å²) >= 11 is 0. The topological polar surface area (TPSA) is 115 Å². The highest BCUT2D eigenvalue weighted by Gasteiger charge is 2.32. The molecule has 36 heavy (non-hydrogen) atoms. The number of pyridine rings is 2. The molecule has 186 valence electrons. The average Bonchev–Trinajstić information content (AvgIpc) is 3.49. The zero-order valence-corrected chi connectivity index (χ0v) is 20.4. The predicted octanol–water partition coefficient (Wildman–Crippen LogP) is 4.16. The van der Waals surface area contributed by atoms with Gasteiger partial charge in [-0.05, 0) is 50.1 Å². The van der Waals surface area contributed by atoms with Crippen LogP contribution in [0.15, 0.2) is 59.8 Å². The molecule has 1 aromatic carbocycles. The molecule has 1 atom stereocenters. The van der Waals surface area contributed by atoms with Gasteiger partial charge in [0.05, 0.1) is 29.8 Å². The molecule has 1 saturated heterocycles. The van der Waals surface area contributed by atoms with E-state index in [1.54, 1.807) is 24.3 Å². The lowest BCUT2D eigenvalue weighted by atomic mass is 10.1. The summed E-state index contributed by atoms with van der Waals surface area (Å²) in [5.74, 6) is -1.04. The van der Waals surface area contributed by atoms with Crippen molar-refractivity contribution in [2.45, 2.75) is 30.7 Å². The van der Waals surface area contributed by atoms with Crippen LogP contribution < -0.4 is 9.64 Å². The van der Waals surface area contributed by atoms with E-state index < -0.39 is 21.8 Å². The lowest BCUT2D eigenvalue weighted by Crippen LogP contribution is -2.24. The lowest BCUT2D eigenvalue weighted by molar-refractivity contribution is 0.0699. The van der Waals surface area contributed by atoms with Gasteiger partial charge in [0.15, 0.2) is 0 Å². The Balaban J connectivity index is 1.62. The molecule has 0 amide bonds. The number of methoxy groups -OCH3 is 1. The van der Waals surface area contributed by atoms with Gasteiger partial charge in [0.25, 0.3) is 10.0 Å². The zero-order chi connectivity index (χ0) is 25.6. The third-order valence-electron chi connectivity index (χ3n) is 6.35. The smallest absolute Gasteiger partial charge is 0.339 e. The van der Waals surface area contributed by atoms with E-state index in [2.05, 4.69) is 9.97 Å². The van der Waals surface area contributed by atoms with E-state index in [1.165, 1.54) is 25.3 Å². The third-order valence-corrected chi connectivity index (χ3v) is 8.04. The van der Waals surface area contributed by atoms with Crippen molar-refractivity contribution in [2.24, 2.45) is 0 Å². The number of hydrogen-bond acceptors (Lipinski definition) is 7. The fourth-order valence-corrected chi connectivity index (χ4v) is 5.98. The number of nitrogens with zero attached hydrogens (tertiary/aromatic N) is 4. The summed E-state index contributed by atoms with van der Waals surface area (Å²) in [4.78, 5) is 22.6. The third kappa shape index (κ3) is 3.95. The van der Waals surface area contributed by atoms with Gasteiger partial charge in [-0.15, -0.1) is 0 Å². The van der Waals surface area contributed by atoms with E-state index in [-0.39, 0.29) is 27.5 Å². The summed E-state index contributed by atoms with van der Waals surface area (Å²) in [7, 11) is -2.60. The second-order valence-corrected chi connectivity index (χ2v) is 10.4. The minimum absolute atomic E-state index is 0.0383. The van der Waals surface area contributed by atoms with Gasteiger partial charge in [-0.2, -0.15) is 0 Å². The zero-order valence-electron chi connectivity index (χ0n) is 19.6. The van der Waals surface area contributed by atoms with Crippen LogP contribution in [0.2, 0.25) is 0 Å². The van der Waals surface area contributed by atoms with Crippen molar-refractivity contribution < 1.29 is 27.4 Å². The fraction of sp³-hybridized carbons (Fsp3) is 0.240. The van der Waals surface area contributed by atoms with Crippen molar-refractivity contribution >= 4 is 32.8 Å². The molecule has 11 heteroatoms. The maximum atomic E-state index is 14.0. The molecule has 0 radical (unpaired) electrons. The number of carboxylic acid groups (broad SMARTS) is 1. The highest BCUT2D eigenvalue weighted by atomic mass is 32.2. The van der Waals surface area contributed by atoms with Crippen LogP contribution in [0.25, 0.3) is 11.0 Å². The quantitative estimate of drug-likeness (QED) is 0.411. The van der Waals surface area contributed by atoms with Gasteiger partial charge in [0.2, 0.25) is 5.88 Å². The summed E-state index contributed by atoms with van der Waals surface area (Å²) in [6.45, 7) is 2.43. The first-order chi connectivity index (χ1) is 17.2. The molecule has 4 heterocycles. The monoisotopic (exact) mass is 510 g/mol. The van der Waals surface area contributed by atoms with Gasteiger partial charge in [-0.3, -0.25) is 0 Å². The van der Waals surface area contributed by atoms with Crippen molar-refractivity contribution in [2.75, 3.05) is 18.6 Å². The van der Waals surface area contributed by atoms with Crippen LogP contribution in [0.1, 0.15) is 40.4 Å². The Morgan fingerprint density at radius 2 is 1.94 bits per heavy atom. The number of aromatic nitrogens is 3. The summed E-state index contributed by atoms with van der Waals surface area (Å²) in [6, 6.07) is 10.6. The van der Waals surface area contributed by atoms with E-state index in [1.807, 2.05) is 11.8 Å². The molecule has 0 spiro atoms. The molecule has 1 aliphatic rings. The molecule has 0 aliphatic carbocycles. The number of aromatic carboxylic acids is 1. The van der Waals surface area contributed by atoms with Gasteiger partial charge in [-0.1, -0.05) is 17.7 Å². The Labute approximate surface area is 206 Å². The molecule has 9 nitrogen and oxygen atoms in total. The molecule has 0 bridgehead atoms. The van der Waals surface area contributed by atoms with Gasteiger partial charge in [-0.25, -0.2) is 31.5 Å². The van der Waals surface area contributed by atoms with Crippen LogP contribution >= 0.6 is 0 Å². The number of rotatable bonds is 6. The molecular formula is C25H23FN4O5S. The van der Waals surface area contributed by atoms with E-state index in [0.29, 0.717) is 30.2 Å². The number of anilines is 1. The summed E-state index contributed by atoms with van der Waals surface area (Å²) in [5, 5.41) is 9.83. The number of hydrogen-bond donors (Lipinski definition) is 1. The lowest BCUT2D eigenvalue weighted by Gasteiger charge is -2.27. The average molecular weight is 511 g/mol. The first-order valence-corrected chi connectivity index (χ1v) is 12.7.